The summed E-state index contributed by atoms with van der Waals surface area (Å²) in [6.45, 7) is 0. The summed E-state index contributed by atoms with van der Waals surface area (Å²) >= 11 is 0. The first kappa shape index (κ1) is 12.0. The van der Waals surface area contributed by atoms with Gasteiger partial charge in [0.25, 0.3) is 0 Å². The number of fused-ring (bicyclic) bond motifs is 1. The fraction of sp³-hybridized carbons (Fsp3) is 0.312. The van der Waals surface area contributed by atoms with Gasteiger partial charge in [0, 0.05) is 13.1 Å². The summed E-state index contributed by atoms with van der Waals surface area (Å²) in [4.78, 5) is 4.19. The Morgan fingerprint density at radius 3 is 3.05 bits per heavy atom. The van der Waals surface area contributed by atoms with Crippen LogP contribution in [0.2, 0.25) is 0 Å². The molecule has 1 atom stereocenters. The molecule has 0 fully saturated rings. The number of hydrogen-bond donors (Lipinski definition) is 1. The van der Waals surface area contributed by atoms with Crippen molar-refractivity contribution in [3.8, 4) is 5.75 Å². The number of anilines is 1. The lowest BCUT2D eigenvalue weighted by atomic mass is 9.89. The van der Waals surface area contributed by atoms with Crippen molar-refractivity contribution in [2.45, 2.75) is 25.4 Å². The van der Waals surface area contributed by atoms with E-state index in [4.69, 9.17) is 4.74 Å². The van der Waals surface area contributed by atoms with Gasteiger partial charge in [0.1, 0.15) is 11.9 Å². The van der Waals surface area contributed by atoms with E-state index in [1.54, 1.807) is 12.4 Å². The van der Waals surface area contributed by atoms with E-state index in [-0.39, 0.29) is 6.10 Å². The van der Waals surface area contributed by atoms with Crippen LogP contribution in [0.1, 0.15) is 30.1 Å². The zero-order valence-electron chi connectivity index (χ0n) is 11.1. The minimum absolute atomic E-state index is 0.152. The van der Waals surface area contributed by atoms with Crippen LogP contribution in [0.4, 0.5) is 5.69 Å². The molecule has 3 nitrogen and oxygen atoms in total. The normalized spacial score (nSPS) is 17.6. The zero-order valence-corrected chi connectivity index (χ0v) is 11.1. The summed E-state index contributed by atoms with van der Waals surface area (Å²) in [5.74, 6) is 0.827. The molecule has 0 spiro atoms. The van der Waals surface area contributed by atoms with Crippen molar-refractivity contribution in [3.05, 3.63) is 53.9 Å². The molecular formula is C16H18N2O. The monoisotopic (exact) mass is 254 g/mol. The van der Waals surface area contributed by atoms with Gasteiger partial charge in [-0.2, -0.15) is 0 Å². The molecule has 0 bridgehead atoms. The number of rotatable bonds is 3. The van der Waals surface area contributed by atoms with Gasteiger partial charge in [-0.1, -0.05) is 24.3 Å². The predicted octanol–water partition coefficient (Wildman–Crippen LogP) is 3.58. The SMILES string of the molecule is CNc1cncc(OC2CCCc3ccccc32)c1. The van der Waals surface area contributed by atoms with Crippen LogP contribution in [0.25, 0.3) is 0 Å². The van der Waals surface area contributed by atoms with Crippen LogP contribution in [0.3, 0.4) is 0 Å². The van der Waals surface area contributed by atoms with Crippen LogP contribution in [0.15, 0.2) is 42.7 Å². The first-order chi connectivity index (χ1) is 9.36. The Bertz CT molecular complexity index is 568. The van der Waals surface area contributed by atoms with Crippen molar-refractivity contribution >= 4 is 5.69 Å². The topological polar surface area (TPSA) is 34.2 Å². The van der Waals surface area contributed by atoms with Crippen LogP contribution in [0, 0.1) is 0 Å². The molecule has 1 N–H and O–H groups in total. The van der Waals surface area contributed by atoms with Crippen molar-refractivity contribution < 1.29 is 4.74 Å². The smallest absolute Gasteiger partial charge is 0.140 e. The van der Waals surface area contributed by atoms with Gasteiger partial charge >= 0.3 is 0 Å². The summed E-state index contributed by atoms with van der Waals surface area (Å²) < 4.78 is 6.12. The van der Waals surface area contributed by atoms with Gasteiger partial charge in [-0.05, 0) is 30.4 Å². The Hall–Kier alpha value is -2.03. The zero-order chi connectivity index (χ0) is 13.1. The molecule has 3 rings (SSSR count). The quantitative estimate of drug-likeness (QED) is 0.909. The number of nitrogens with zero attached hydrogens (tertiary/aromatic N) is 1. The molecular weight excluding hydrogens is 236 g/mol. The highest BCUT2D eigenvalue weighted by Crippen LogP contribution is 2.33. The second-order valence-corrected chi connectivity index (χ2v) is 4.86. The van der Waals surface area contributed by atoms with Gasteiger partial charge in [-0.3, -0.25) is 4.98 Å². The molecule has 0 radical (unpaired) electrons. The number of hydrogen-bond acceptors (Lipinski definition) is 3. The molecule has 19 heavy (non-hydrogen) atoms. The Balaban J connectivity index is 1.84. The van der Waals surface area contributed by atoms with Crippen LogP contribution in [0.5, 0.6) is 5.75 Å². The lowest BCUT2D eigenvalue weighted by Gasteiger charge is -2.26. The van der Waals surface area contributed by atoms with E-state index < -0.39 is 0 Å². The summed E-state index contributed by atoms with van der Waals surface area (Å²) in [7, 11) is 1.89. The highest BCUT2D eigenvalue weighted by atomic mass is 16.5. The van der Waals surface area contributed by atoms with E-state index in [0.29, 0.717) is 0 Å². The minimum atomic E-state index is 0.152. The number of aryl methyl sites for hydroxylation is 1. The number of benzene rings is 1. The molecule has 3 heteroatoms. The van der Waals surface area contributed by atoms with Crippen molar-refractivity contribution in [3.63, 3.8) is 0 Å². The third kappa shape index (κ3) is 2.55. The molecule has 1 aliphatic rings. The third-order valence-corrected chi connectivity index (χ3v) is 3.59. The minimum Gasteiger partial charge on any atom is -0.484 e. The molecule has 2 aromatic rings. The van der Waals surface area contributed by atoms with Crippen LogP contribution in [-0.4, -0.2) is 12.0 Å². The molecule has 0 aliphatic heterocycles. The summed E-state index contributed by atoms with van der Waals surface area (Å²) in [5, 5.41) is 3.08. The van der Waals surface area contributed by atoms with Crippen molar-refractivity contribution in [1.82, 2.24) is 4.98 Å². The molecule has 0 saturated heterocycles. The fourth-order valence-electron chi connectivity index (χ4n) is 2.62. The number of nitrogens with one attached hydrogen (secondary N) is 1. The third-order valence-electron chi connectivity index (χ3n) is 3.59. The maximum atomic E-state index is 6.12. The standard InChI is InChI=1S/C16H18N2O/c1-17-13-9-14(11-18-10-13)19-16-8-4-6-12-5-2-3-7-15(12)16/h2-3,5,7,9-11,16-17H,4,6,8H2,1H3. The summed E-state index contributed by atoms with van der Waals surface area (Å²) in [6, 6.07) is 10.6. The van der Waals surface area contributed by atoms with Gasteiger partial charge in [0.05, 0.1) is 18.1 Å². The van der Waals surface area contributed by atoms with E-state index in [1.807, 2.05) is 13.1 Å². The highest BCUT2D eigenvalue weighted by molar-refractivity contribution is 5.44. The van der Waals surface area contributed by atoms with Gasteiger partial charge in [-0.25, -0.2) is 0 Å². The fourth-order valence-corrected chi connectivity index (χ4v) is 2.62. The van der Waals surface area contributed by atoms with E-state index in [0.717, 1.165) is 24.3 Å². The van der Waals surface area contributed by atoms with Crippen LogP contribution in [-0.2, 0) is 6.42 Å². The summed E-state index contributed by atoms with van der Waals surface area (Å²) in [5.41, 5.74) is 3.71. The van der Waals surface area contributed by atoms with Gasteiger partial charge < -0.3 is 10.1 Å². The van der Waals surface area contributed by atoms with E-state index >= 15 is 0 Å². The van der Waals surface area contributed by atoms with Crippen molar-refractivity contribution in [2.24, 2.45) is 0 Å². The van der Waals surface area contributed by atoms with Crippen molar-refractivity contribution in [1.29, 1.82) is 0 Å². The second-order valence-electron chi connectivity index (χ2n) is 4.86. The molecule has 1 unspecified atom stereocenters. The lowest BCUT2D eigenvalue weighted by Crippen LogP contribution is -2.15. The second kappa shape index (κ2) is 5.31. The number of pyridine rings is 1. The van der Waals surface area contributed by atoms with Gasteiger partial charge in [-0.15, -0.1) is 0 Å². The molecule has 0 amide bonds. The maximum Gasteiger partial charge on any atom is 0.140 e. The molecule has 1 heterocycles. The molecule has 0 saturated carbocycles. The molecule has 1 aliphatic carbocycles. The van der Waals surface area contributed by atoms with E-state index in [2.05, 4.69) is 34.6 Å². The first-order valence-corrected chi connectivity index (χ1v) is 6.74. The first-order valence-electron chi connectivity index (χ1n) is 6.74. The van der Waals surface area contributed by atoms with Crippen LogP contribution >= 0.6 is 0 Å². The maximum absolute atomic E-state index is 6.12. The Labute approximate surface area is 113 Å². The van der Waals surface area contributed by atoms with Crippen LogP contribution < -0.4 is 10.1 Å². The largest absolute Gasteiger partial charge is 0.484 e. The molecule has 98 valence electrons. The Morgan fingerprint density at radius 1 is 1.26 bits per heavy atom. The number of aromatic nitrogens is 1. The average molecular weight is 254 g/mol. The number of ether oxygens (including phenoxy) is 1. The highest BCUT2D eigenvalue weighted by Gasteiger charge is 2.21. The van der Waals surface area contributed by atoms with Crippen molar-refractivity contribution in [2.75, 3.05) is 12.4 Å². The summed E-state index contributed by atoms with van der Waals surface area (Å²) in [6.07, 6.45) is 7.13. The predicted molar refractivity (Wildman–Crippen MR) is 76.5 cm³/mol. The van der Waals surface area contributed by atoms with E-state index in [9.17, 15) is 0 Å². The Kier molecular flexibility index (Phi) is 3.36. The van der Waals surface area contributed by atoms with E-state index in [1.165, 1.54) is 17.5 Å². The van der Waals surface area contributed by atoms with Gasteiger partial charge in [0.2, 0.25) is 0 Å². The molecule has 1 aromatic carbocycles. The van der Waals surface area contributed by atoms with Gasteiger partial charge in [0.15, 0.2) is 0 Å². The average Bonchev–Trinajstić information content (AvgIpc) is 2.48. The lowest BCUT2D eigenvalue weighted by molar-refractivity contribution is 0.183. The Morgan fingerprint density at radius 2 is 2.16 bits per heavy atom. The molecule has 1 aromatic heterocycles.